The fourth-order valence-electron chi connectivity index (χ4n) is 1.62. The number of aliphatic hydroxyl groups excluding tert-OH is 1. The van der Waals surface area contributed by atoms with Crippen LogP contribution in [-0.2, 0) is 0 Å². The molecule has 0 radical (unpaired) electrons. The molecule has 1 aromatic rings. The smallest absolute Gasteiger partial charge is 0.418 e. The van der Waals surface area contributed by atoms with Gasteiger partial charge < -0.3 is 14.6 Å². The first-order valence-electron chi connectivity index (χ1n) is 6.33. The minimum Gasteiger partial charge on any atom is -0.491 e. The third-order valence-electron chi connectivity index (χ3n) is 2.32. The van der Waals surface area contributed by atoms with Crippen molar-refractivity contribution in [3.63, 3.8) is 0 Å². The SMILES string of the molecule is CC(C)Oc1ccc(C(O)C(F)(F)F)c(OC(C)C)c1. The summed E-state index contributed by atoms with van der Waals surface area (Å²) in [6.45, 7) is 7.00. The molecule has 1 atom stereocenters. The molecule has 1 N–H and O–H groups in total. The van der Waals surface area contributed by atoms with Gasteiger partial charge in [-0.15, -0.1) is 0 Å². The van der Waals surface area contributed by atoms with E-state index in [2.05, 4.69) is 0 Å². The lowest BCUT2D eigenvalue weighted by Gasteiger charge is -2.21. The van der Waals surface area contributed by atoms with Crippen LogP contribution in [0.4, 0.5) is 13.2 Å². The second kappa shape index (κ2) is 6.35. The largest absolute Gasteiger partial charge is 0.491 e. The summed E-state index contributed by atoms with van der Waals surface area (Å²) in [6, 6.07) is 3.93. The number of aliphatic hydroxyl groups is 1. The zero-order valence-corrected chi connectivity index (χ0v) is 11.9. The Morgan fingerprint density at radius 3 is 2.00 bits per heavy atom. The van der Waals surface area contributed by atoms with Crippen LogP contribution in [0.25, 0.3) is 0 Å². The fraction of sp³-hybridized carbons (Fsp3) is 0.571. The Kier molecular flexibility index (Phi) is 5.28. The third kappa shape index (κ3) is 4.59. The fourth-order valence-corrected chi connectivity index (χ4v) is 1.62. The molecular formula is C14H19F3O3. The van der Waals surface area contributed by atoms with Crippen LogP contribution >= 0.6 is 0 Å². The van der Waals surface area contributed by atoms with E-state index in [-0.39, 0.29) is 23.5 Å². The topological polar surface area (TPSA) is 38.7 Å². The molecule has 6 heteroatoms. The maximum absolute atomic E-state index is 12.6. The number of halogens is 3. The molecule has 0 saturated heterocycles. The summed E-state index contributed by atoms with van der Waals surface area (Å²) >= 11 is 0. The van der Waals surface area contributed by atoms with E-state index in [9.17, 15) is 18.3 Å². The summed E-state index contributed by atoms with van der Waals surface area (Å²) in [6.07, 6.45) is -7.75. The van der Waals surface area contributed by atoms with Gasteiger partial charge in [-0.1, -0.05) is 0 Å². The minimum atomic E-state index is -4.74. The van der Waals surface area contributed by atoms with Gasteiger partial charge in [0, 0.05) is 11.6 Å². The van der Waals surface area contributed by atoms with Crippen molar-refractivity contribution >= 4 is 0 Å². The molecule has 0 aliphatic rings. The summed E-state index contributed by atoms with van der Waals surface area (Å²) < 4.78 is 48.6. The second-order valence-corrected chi connectivity index (χ2v) is 4.98. The Balaban J connectivity index is 3.16. The molecule has 114 valence electrons. The molecule has 0 aliphatic heterocycles. The van der Waals surface area contributed by atoms with E-state index in [0.717, 1.165) is 0 Å². The number of hydrogen-bond acceptors (Lipinski definition) is 3. The maximum Gasteiger partial charge on any atom is 0.418 e. The van der Waals surface area contributed by atoms with Gasteiger partial charge in [-0.05, 0) is 39.8 Å². The number of benzene rings is 1. The van der Waals surface area contributed by atoms with Crippen LogP contribution in [0.5, 0.6) is 11.5 Å². The van der Waals surface area contributed by atoms with E-state index in [1.807, 2.05) is 0 Å². The van der Waals surface area contributed by atoms with Gasteiger partial charge in [0.05, 0.1) is 12.2 Å². The molecule has 0 heterocycles. The Hall–Kier alpha value is -1.43. The van der Waals surface area contributed by atoms with Crippen molar-refractivity contribution in [3.05, 3.63) is 23.8 Å². The first-order valence-corrected chi connectivity index (χ1v) is 6.33. The van der Waals surface area contributed by atoms with Crippen LogP contribution in [0.2, 0.25) is 0 Å². The standard InChI is InChI=1S/C14H19F3O3/c1-8(2)19-10-5-6-11(13(18)14(15,16)17)12(7-10)20-9(3)4/h5-9,13,18H,1-4H3. The van der Waals surface area contributed by atoms with Gasteiger partial charge in [0.2, 0.25) is 0 Å². The van der Waals surface area contributed by atoms with Gasteiger partial charge in [0.25, 0.3) is 0 Å². The zero-order chi connectivity index (χ0) is 15.5. The second-order valence-electron chi connectivity index (χ2n) is 4.98. The summed E-state index contributed by atoms with van der Waals surface area (Å²) in [5.74, 6) is 0.372. The lowest BCUT2D eigenvalue weighted by atomic mass is 10.1. The van der Waals surface area contributed by atoms with Gasteiger partial charge >= 0.3 is 6.18 Å². The zero-order valence-electron chi connectivity index (χ0n) is 11.9. The Morgan fingerprint density at radius 1 is 1.00 bits per heavy atom. The lowest BCUT2D eigenvalue weighted by molar-refractivity contribution is -0.207. The highest BCUT2D eigenvalue weighted by molar-refractivity contribution is 5.42. The molecule has 0 spiro atoms. The molecule has 20 heavy (non-hydrogen) atoms. The monoisotopic (exact) mass is 292 g/mol. The molecule has 1 rings (SSSR count). The quantitative estimate of drug-likeness (QED) is 0.895. The van der Waals surface area contributed by atoms with E-state index >= 15 is 0 Å². The molecule has 0 aliphatic carbocycles. The maximum atomic E-state index is 12.6. The van der Waals surface area contributed by atoms with E-state index < -0.39 is 12.3 Å². The van der Waals surface area contributed by atoms with Crippen molar-refractivity contribution in [2.75, 3.05) is 0 Å². The van der Waals surface area contributed by atoms with Crippen molar-refractivity contribution in [2.24, 2.45) is 0 Å². The molecule has 1 unspecified atom stereocenters. The first kappa shape index (κ1) is 16.6. The van der Waals surface area contributed by atoms with Crippen molar-refractivity contribution in [3.8, 4) is 11.5 Å². The minimum absolute atomic E-state index is 0.0250. The highest BCUT2D eigenvalue weighted by Gasteiger charge is 2.41. The van der Waals surface area contributed by atoms with Crippen molar-refractivity contribution in [1.82, 2.24) is 0 Å². The average molecular weight is 292 g/mol. The van der Waals surface area contributed by atoms with E-state index in [1.54, 1.807) is 27.7 Å². The van der Waals surface area contributed by atoms with Gasteiger partial charge in [-0.2, -0.15) is 13.2 Å². The molecule has 0 bridgehead atoms. The summed E-state index contributed by atoms with van der Waals surface area (Å²) in [4.78, 5) is 0. The highest BCUT2D eigenvalue weighted by atomic mass is 19.4. The summed E-state index contributed by atoms with van der Waals surface area (Å²) in [5, 5.41) is 9.38. The molecule has 0 fully saturated rings. The van der Waals surface area contributed by atoms with Gasteiger partial charge in [0.1, 0.15) is 11.5 Å². The van der Waals surface area contributed by atoms with Gasteiger partial charge in [0.15, 0.2) is 6.10 Å². The Morgan fingerprint density at radius 2 is 1.55 bits per heavy atom. The van der Waals surface area contributed by atoms with Crippen LogP contribution in [0.3, 0.4) is 0 Å². The van der Waals surface area contributed by atoms with Crippen LogP contribution < -0.4 is 9.47 Å². The normalized spacial score (nSPS) is 13.7. The Labute approximate surface area is 116 Å². The summed E-state index contributed by atoms with van der Waals surface area (Å²) in [5.41, 5.74) is -0.317. The van der Waals surface area contributed by atoms with E-state index in [0.29, 0.717) is 5.75 Å². The third-order valence-corrected chi connectivity index (χ3v) is 2.32. The summed E-state index contributed by atoms with van der Waals surface area (Å²) in [7, 11) is 0. The molecule has 0 aromatic heterocycles. The van der Waals surface area contributed by atoms with Crippen molar-refractivity contribution in [1.29, 1.82) is 0 Å². The van der Waals surface area contributed by atoms with Crippen LogP contribution in [-0.4, -0.2) is 23.5 Å². The molecular weight excluding hydrogens is 273 g/mol. The van der Waals surface area contributed by atoms with Crippen molar-refractivity contribution in [2.45, 2.75) is 52.2 Å². The molecule has 0 saturated carbocycles. The number of alkyl halides is 3. The molecule has 0 amide bonds. The van der Waals surface area contributed by atoms with Crippen molar-refractivity contribution < 1.29 is 27.8 Å². The van der Waals surface area contributed by atoms with E-state index in [4.69, 9.17) is 9.47 Å². The molecule has 1 aromatic carbocycles. The highest BCUT2D eigenvalue weighted by Crippen LogP contribution is 2.39. The Bertz CT molecular complexity index is 442. The first-order chi connectivity index (χ1) is 9.11. The van der Waals surface area contributed by atoms with Crippen LogP contribution in [0.15, 0.2) is 18.2 Å². The lowest BCUT2D eigenvalue weighted by Crippen LogP contribution is -2.21. The molecule has 3 nitrogen and oxygen atoms in total. The average Bonchev–Trinajstić information content (AvgIpc) is 2.25. The van der Waals surface area contributed by atoms with Crippen LogP contribution in [0.1, 0.15) is 39.4 Å². The van der Waals surface area contributed by atoms with Crippen LogP contribution in [0, 0.1) is 0 Å². The van der Waals surface area contributed by atoms with Gasteiger partial charge in [-0.3, -0.25) is 0 Å². The number of hydrogen-bond donors (Lipinski definition) is 1. The van der Waals surface area contributed by atoms with E-state index in [1.165, 1.54) is 18.2 Å². The number of rotatable bonds is 5. The van der Waals surface area contributed by atoms with Gasteiger partial charge in [-0.25, -0.2) is 0 Å². The number of ether oxygens (including phenoxy) is 2. The predicted octanol–water partition coefficient (Wildman–Crippen LogP) is 3.86. The predicted molar refractivity (Wildman–Crippen MR) is 69.0 cm³/mol.